The Morgan fingerprint density at radius 1 is 1.29 bits per heavy atom. The Kier molecular flexibility index (Phi) is 5.25. The van der Waals surface area contributed by atoms with Crippen molar-refractivity contribution in [2.24, 2.45) is 4.40 Å². The number of nitrogens with zero attached hydrogens (tertiary/aromatic N) is 1. The van der Waals surface area contributed by atoms with Gasteiger partial charge in [-0.2, -0.15) is 0 Å². The van der Waals surface area contributed by atoms with Gasteiger partial charge in [0.2, 0.25) is 0 Å². The third kappa shape index (κ3) is 6.04. The first-order valence-electron chi connectivity index (χ1n) is 6.37. The summed E-state index contributed by atoms with van der Waals surface area (Å²) in [7, 11) is -1.86. The summed E-state index contributed by atoms with van der Waals surface area (Å²) >= 11 is -1.38. The van der Waals surface area contributed by atoms with Gasteiger partial charge in [-0.15, -0.1) is 0 Å². The first-order valence-corrected chi connectivity index (χ1v) is 9.89. The van der Waals surface area contributed by atoms with Crippen LogP contribution in [-0.2, 0) is 15.8 Å². The Morgan fingerprint density at radius 2 is 1.76 bits per heavy atom. The van der Waals surface area contributed by atoms with E-state index in [1.807, 2.05) is 20.8 Å². The Balaban J connectivity index is 4.53. The highest BCUT2D eigenvalue weighted by Crippen LogP contribution is 2.36. The molecule has 0 spiro atoms. The molecular formula is C12H27NO2SSi. The normalized spacial score (nSPS) is 17.9. The zero-order valence-electron chi connectivity index (χ0n) is 13.4. The predicted octanol–water partition coefficient (Wildman–Crippen LogP) is 3.54. The van der Waals surface area contributed by atoms with E-state index in [1.54, 1.807) is 0 Å². The first-order chi connectivity index (χ1) is 7.77. The summed E-state index contributed by atoms with van der Waals surface area (Å²) in [6.07, 6.45) is 0.0630. The highest BCUT2D eigenvalue weighted by molar-refractivity contribution is 7.91. The van der Waals surface area contributed by atoms with E-state index in [0.717, 1.165) is 0 Å². The van der Waals surface area contributed by atoms with E-state index in [0.29, 0.717) is 0 Å². The highest BCUT2D eigenvalue weighted by atomic mass is 32.2. The lowest BCUT2D eigenvalue weighted by Gasteiger charge is -2.35. The molecule has 1 atom stereocenters. The Hall–Kier alpha value is 0.157. The lowest BCUT2D eigenvalue weighted by Crippen LogP contribution is -2.41. The second kappa shape index (κ2) is 5.86. The quantitative estimate of drug-likeness (QED) is 0.448. The van der Waals surface area contributed by atoms with E-state index in [9.17, 15) is 4.55 Å². The van der Waals surface area contributed by atoms with Gasteiger partial charge in [0.05, 0.1) is 14.2 Å². The van der Waals surface area contributed by atoms with Crippen molar-refractivity contribution in [3.05, 3.63) is 0 Å². The van der Waals surface area contributed by atoms with E-state index in [1.165, 1.54) is 0 Å². The van der Waals surface area contributed by atoms with Gasteiger partial charge in [0.25, 0.3) is 0 Å². The fourth-order valence-corrected chi connectivity index (χ4v) is 1.95. The molecule has 0 bridgehead atoms. The summed E-state index contributed by atoms with van der Waals surface area (Å²) in [6, 6.07) is 0. The zero-order chi connectivity index (χ0) is 14.8. The molecule has 0 N–H and O–H groups in total. The maximum absolute atomic E-state index is 11.8. The van der Waals surface area contributed by atoms with Gasteiger partial charge in [0, 0.05) is 0 Å². The molecule has 0 aliphatic rings. The number of rotatable bonds is 4. The van der Waals surface area contributed by atoms with Gasteiger partial charge in [-0.25, -0.2) is 0 Å². The molecule has 3 nitrogen and oxygen atoms in total. The van der Waals surface area contributed by atoms with Crippen LogP contribution in [-0.4, -0.2) is 30.4 Å². The molecule has 0 aliphatic heterocycles. The molecule has 0 fully saturated rings. The van der Waals surface area contributed by atoms with Crippen molar-refractivity contribution in [1.82, 2.24) is 0 Å². The maximum Gasteiger partial charge on any atom is 0.192 e. The molecule has 102 valence electrons. The maximum atomic E-state index is 11.8. The SMILES string of the molecule is [2H]/C(CO[Si](C)(C)C(C)(C)C)=N\[S@+]([O-])C(C)(C)C. The summed E-state index contributed by atoms with van der Waals surface area (Å²) < 4.78 is 28.8. The van der Waals surface area contributed by atoms with Crippen LogP contribution in [0.2, 0.25) is 18.1 Å². The average molecular weight is 279 g/mol. The molecule has 5 heteroatoms. The fraction of sp³-hybridized carbons (Fsp3) is 0.917. The van der Waals surface area contributed by atoms with Crippen molar-refractivity contribution in [1.29, 1.82) is 0 Å². The minimum Gasteiger partial charge on any atom is -0.591 e. The molecule has 0 aliphatic carbocycles. The third-order valence-electron chi connectivity index (χ3n) is 2.98. The second-order valence-corrected chi connectivity index (χ2v) is 13.4. The van der Waals surface area contributed by atoms with Crippen LogP contribution in [0.5, 0.6) is 0 Å². The van der Waals surface area contributed by atoms with E-state index in [4.69, 9.17) is 5.80 Å². The highest BCUT2D eigenvalue weighted by Gasteiger charge is 2.36. The van der Waals surface area contributed by atoms with Crippen LogP contribution < -0.4 is 0 Å². The Bertz CT molecular complexity index is 308. The van der Waals surface area contributed by atoms with Gasteiger partial charge < -0.3 is 8.98 Å². The summed E-state index contributed by atoms with van der Waals surface area (Å²) in [5, 5.41) is 0.108. The first kappa shape index (κ1) is 15.2. The fourth-order valence-electron chi connectivity index (χ4n) is 0.651. The van der Waals surface area contributed by atoms with Crippen LogP contribution in [0, 0.1) is 0 Å². The number of hydrogen-bond acceptors (Lipinski definition) is 3. The molecule has 0 heterocycles. The molecule has 0 saturated heterocycles. The lowest BCUT2D eigenvalue weighted by atomic mass is 10.2. The Morgan fingerprint density at radius 3 is 2.12 bits per heavy atom. The molecule has 0 aromatic rings. The zero-order valence-corrected chi connectivity index (χ0v) is 14.2. The minimum atomic E-state index is -1.86. The summed E-state index contributed by atoms with van der Waals surface area (Å²) in [6.45, 7) is 16.4. The average Bonchev–Trinajstić information content (AvgIpc) is 2.11. The molecule has 0 unspecified atom stereocenters. The van der Waals surface area contributed by atoms with Gasteiger partial charge in [-0.05, 0) is 38.9 Å². The van der Waals surface area contributed by atoms with E-state index >= 15 is 0 Å². The lowest BCUT2D eigenvalue weighted by molar-refractivity contribution is 0.343. The molecule has 17 heavy (non-hydrogen) atoms. The van der Waals surface area contributed by atoms with Gasteiger partial charge in [0.1, 0.15) is 16.1 Å². The summed E-state index contributed by atoms with van der Waals surface area (Å²) in [4.78, 5) is 0. The molecule has 0 aromatic carbocycles. The summed E-state index contributed by atoms with van der Waals surface area (Å²) in [5.41, 5.74) is 0. The van der Waals surface area contributed by atoms with Crippen LogP contribution in [0.4, 0.5) is 0 Å². The molecule has 0 saturated carbocycles. The standard InChI is InChI=1S/C12H27NO2SSi/c1-11(2,3)16(14)13-9-10-15-17(7,8)12(4,5)6/h9H,10H2,1-8H3/b13-9+/t16-/m1/s1/i9D. The summed E-state index contributed by atoms with van der Waals surface area (Å²) in [5.74, 6) is 0. The molecule has 0 amide bonds. The van der Waals surface area contributed by atoms with Gasteiger partial charge >= 0.3 is 0 Å². The van der Waals surface area contributed by atoms with Gasteiger partial charge in [-0.1, -0.05) is 25.2 Å². The monoisotopic (exact) mass is 278 g/mol. The van der Waals surface area contributed by atoms with Crippen molar-refractivity contribution in [2.45, 2.75) is 64.4 Å². The van der Waals surface area contributed by atoms with Gasteiger partial charge in [0.15, 0.2) is 8.32 Å². The topological polar surface area (TPSA) is 44.6 Å². The Labute approximate surface area is 112 Å². The smallest absolute Gasteiger partial charge is 0.192 e. The van der Waals surface area contributed by atoms with E-state index in [2.05, 4.69) is 38.3 Å². The van der Waals surface area contributed by atoms with Gasteiger partial charge in [-0.3, -0.25) is 0 Å². The van der Waals surface area contributed by atoms with Crippen molar-refractivity contribution in [2.75, 3.05) is 6.61 Å². The van der Waals surface area contributed by atoms with Crippen LogP contribution in [0.1, 0.15) is 42.9 Å². The van der Waals surface area contributed by atoms with Crippen molar-refractivity contribution < 1.29 is 10.3 Å². The van der Waals surface area contributed by atoms with Crippen LogP contribution >= 0.6 is 0 Å². The second-order valence-electron chi connectivity index (χ2n) is 6.66. The third-order valence-corrected chi connectivity index (χ3v) is 8.80. The molecule has 0 radical (unpaired) electrons. The van der Waals surface area contributed by atoms with Crippen LogP contribution in [0.15, 0.2) is 4.40 Å². The molecular weight excluding hydrogens is 250 g/mol. The van der Waals surface area contributed by atoms with Crippen LogP contribution in [0.3, 0.4) is 0 Å². The number of hydrogen-bond donors (Lipinski definition) is 0. The van der Waals surface area contributed by atoms with Crippen LogP contribution in [0.25, 0.3) is 0 Å². The molecule has 0 rings (SSSR count). The van der Waals surface area contributed by atoms with Crippen molar-refractivity contribution in [3.63, 3.8) is 0 Å². The predicted molar refractivity (Wildman–Crippen MR) is 79.5 cm³/mol. The molecule has 0 aromatic heterocycles. The minimum absolute atomic E-state index is 0.0630. The van der Waals surface area contributed by atoms with E-state index < -0.39 is 24.4 Å². The largest absolute Gasteiger partial charge is 0.591 e. The van der Waals surface area contributed by atoms with Crippen molar-refractivity contribution >= 4 is 25.9 Å². The van der Waals surface area contributed by atoms with E-state index in [-0.39, 0.29) is 17.8 Å². The van der Waals surface area contributed by atoms with Crippen molar-refractivity contribution in [3.8, 4) is 0 Å².